The largest absolute Gasteiger partial charge is 0.311 e. The van der Waals surface area contributed by atoms with Gasteiger partial charge in [0.2, 0.25) is 0 Å². The third kappa shape index (κ3) is 4.33. The van der Waals surface area contributed by atoms with Gasteiger partial charge in [-0.15, -0.1) is 0 Å². The van der Waals surface area contributed by atoms with Crippen LogP contribution < -0.4 is 10.4 Å². The molecule has 4 rings (SSSR count). The molecule has 4 aromatic rings. The van der Waals surface area contributed by atoms with E-state index in [-0.39, 0.29) is 5.41 Å². The van der Waals surface area contributed by atoms with Crippen molar-refractivity contribution in [1.29, 1.82) is 0 Å². The maximum absolute atomic E-state index is 5.94. The van der Waals surface area contributed by atoms with Gasteiger partial charge in [0.1, 0.15) is 7.85 Å². The van der Waals surface area contributed by atoms with Gasteiger partial charge in [0, 0.05) is 17.1 Å². The van der Waals surface area contributed by atoms with Gasteiger partial charge >= 0.3 is 0 Å². The Morgan fingerprint density at radius 2 is 0.967 bits per heavy atom. The average Bonchev–Trinajstić information content (AvgIpc) is 2.76. The minimum absolute atomic E-state index is 0.127. The summed E-state index contributed by atoms with van der Waals surface area (Å²) in [5.74, 6) is 0. The van der Waals surface area contributed by atoms with Crippen LogP contribution in [-0.2, 0) is 5.41 Å². The molecule has 0 saturated carbocycles. The van der Waals surface area contributed by atoms with Crippen LogP contribution in [0.25, 0.3) is 11.1 Å². The lowest BCUT2D eigenvalue weighted by Gasteiger charge is -2.27. The van der Waals surface area contributed by atoms with Crippen molar-refractivity contribution in [3.63, 3.8) is 0 Å². The van der Waals surface area contributed by atoms with E-state index in [1.807, 2.05) is 18.2 Å². The Kier molecular flexibility index (Phi) is 5.50. The van der Waals surface area contributed by atoms with E-state index in [9.17, 15) is 0 Å². The van der Waals surface area contributed by atoms with Crippen molar-refractivity contribution in [2.75, 3.05) is 4.90 Å². The van der Waals surface area contributed by atoms with Crippen LogP contribution in [0.4, 0.5) is 17.1 Å². The molecule has 0 unspecified atom stereocenters. The lowest BCUT2D eigenvalue weighted by Crippen LogP contribution is -2.13. The first-order chi connectivity index (χ1) is 14.4. The van der Waals surface area contributed by atoms with Crippen molar-refractivity contribution in [2.24, 2.45) is 0 Å². The van der Waals surface area contributed by atoms with Crippen LogP contribution in [0.15, 0.2) is 103 Å². The molecule has 2 radical (unpaired) electrons. The molecule has 0 N–H and O–H groups in total. The van der Waals surface area contributed by atoms with Crippen LogP contribution in [0, 0.1) is 0 Å². The van der Waals surface area contributed by atoms with Gasteiger partial charge in [-0.05, 0) is 58.5 Å². The quantitative estimate of drug-likeness (QED) is 0.344. The van der Waals surface area contributed by atoms with E-state index in [0.717, 1.165) is 22.5 Å². The highest BCUT2D eigenvalue weighted by molar-refractivity contribution is 6.32. The maximum atomic E-state index is 5.94. The summed E-state index contributed by atoms with van der Waals surface area (Å²) in [5.41, 5.74) is 7.96. The predicted octanol–water partition coefficient (Wildman–Crippen LogP) is 6.91. The Morgan fingerprint density at radius 1 is 0.533 bits per heavy atom. The minimum atomic E-state index is 0.127. The number of rotatable bonds is 4. The van der Waals surface area contributed by atoms with Crippen molar-refractivity contribution in [1.82, 2.24) is 0 Å². The molecule has 0 spiro atoms. The number of benzene rings is 4. The molecule has 0 aliphatic carbocycles. The zero-order valence-electron chi connectivity index (χ0n) is 17.8. The van der Waals surface area contributed by atoms with E-state index < -0.39 is 0 Å². The molecule has 0 aliphatic rings. The van der Waals surface area contributed by atoms with Crippen molar-refractivity contribution in [3.05, 3.63) is 109 Å². The SMILES string of the molecule is [B]c1ccc(N(c2ccc(-c3ccccc3)cc2)c2ccc(C(C)(C)C)cc2)cc1. The topological polar surface area (TPSA) is 3.24 Å². The van der Waals surface area contributed by atoms with Gasteiger partial charge < -0.3 is 4.90 Å². The summed E-state index contributed by atoms with van der Waals surface area (Å²) in [6, 6.07) is 36.0. The van der Waals surface area contributed by atoms with Crippen LogP contribution in [0.1, 0.15) is 26.3 Å². The molecule has 4 aromatic carbocycles. The minimum Gasteiger partial charge on any atom is -0.311 e. The van der Waals surface area contributed by atoms with E-state index in [4.69, 9.17) is 7.85 Å². The van der Waals surface area contributed by atoms with E-state index in [1.54, 1.807) is 0 Å². The van der Waals surface area contributed by atoms with Gasteiger partial charge in [-0.1, -0.05) is 93.0 Å². The van der Waals surface area contributed by atoms with Gasteiger partial charge in [-0.25, -0.2) is 0 Å². The fraction of sp³-hybridized carbons (Fsp3) is 0.143. The second kappa shape index (κ2) is 8.24. The Labute approximate surface area is 181 Å². The van der Waals surface area contributed by atoms with E-state index in [2.05, 4.69) is 111 Å². The number of hydrogen-bond acceptors (Lipinski definition) is 1. The summed E-state index contributed by atoms with van der Waals surface area (Å²) in [7, 11) is 5.94. The first kappa shape index (κ1) is 20.0. The van der Waals surface area contributed by atoms with Crippen LogP contribution >= 0.6 is 0 Å². The van der Waals surface area contributed by atoms with E-state index >= 15 is 0 Å². The molecule has 0 amide bonds. The maximum Gasteiger partial charge on any atom is 0.113 e. The molecule has 0 atom stereocenters. The molecule has 0 fully saturated rings. The van der Waals surface area contributed by atoms with Gasteiger partial charge in [0.15, 0.2) is 0 Å². The third-order valence-corrected chi connectivity index (χ3v) is 5.38. The molecule has 146 valence electrons. The van der Waals surface area contributed by atoms with Crippen molar-refractivity contribution >= 4 is 30.4 Å². The fourth-order valence-electron chi connectivity index (χ4n) is 3.61. The molecular formula is C28H26BN. The zero-order chi connectivity index (χ0) is 21.1. The van der Waals surface area contributed by atoms with E-state index in [1.165, 1.54) is 16.7 Å². The lowest BCUT2D eigenvalue weighted by molar-refractivity contribution is 0.590. The normalized spacial score (nSPS) is 11.3. The number of nitrogens with zero attached hydrogens (tertiary/aromatic N) is 1. The van der Waals surface area contributed by atoms with E-state index in [0.29, 0.717) is 0 Å². The molecule has 30 heavy (non-hydrogen) atoms. The van der Waals surface area contributed by atoms with Gasteiger partial charge in [0.25, 0.3) is 0 Å². The van der Waals surface area contributed by atoms with Crippen LogP contribution in [-0.4, -0.2) is 7.85 Å². The lowest BCUT2D eigenvalue weighted by atomic mass is 9.87. The summed E-state index contributed by atoms with van der Waals surface area (Å²) < 4.78 is 0. The van der Waals surface area contributed by atoms with Gasteiger partial charge in [0.05, 0.1) is 0 Å². The van der Waals surface area contributed by atoms with Gasteiger partial charge in [-0.3, -0.25) is 0 Å². The first-order valence-electron chi connectivity index (χ1n) is 10.3. The highest BCUT2D eigenvalue weighted by Gasteiger charge is 2.16. The van der Waals surface area contributed by atoms with Gasteiger partial charge in [-0.2, -0.15) is 0 Å². The van der Waals surface area contributed by atoms with Crippen molar-refractivity contribution in [3.8, 4) is 11.1 Å². The molecule has 0 heterocycles. The van der Waals surface area contributed by atoms with Crippen LogP contribution in [0.2, 0.25) is 0 Å². The Balaban J connectivity index is 1.75. The highest BCUT2D eigenvalue weighted by Crippen LogP contribution is 2.36. The molecule has 0 bridgehead atoms. The Bertz CT molecular complexity index is 1090. The zero-order valence-corrected chi connectivity index (χ0v) is 17.8. The molecule has 0 saturated heterocycles. The molecule has 0 aromatic heterocycles. The number of anilines is 3. The Hall–Kier alpha value is -3.26. The van der Waals surface area contributed by atoms with Crippen LogP contribution in [0.5, 0.6) is 0 Å². The summed E-state index contributed by atoms with van der Waals surface area (Å²) in [5, 5.41) is 0. The summed E-state index contributed by atoms with van der Waals surface area (Å²) in [6.07, 6.45) is 0. The summed E-state index contributed by atoms with van der Waals surface area (Å²) in [6.45, 7) is 6.71. The summed E-state index contributed by atoms with van der Waals surface area (Å²) >= 11 is 0. The highest BCUT2D eigenvalue weighted by atomic mass is 15.1. The molecule has 2 heteroatoms. The standard InChI is InChI=1S/C28H26BN/c1-28(2,3)23-11-17-26(18-12-23)30(27-19-13-24(29)14-20-27)25-15-9-22(10-16-25)21-7-5-4-6-8-21/h4-20H,1-3H3. The monoisotopic (exact) mass is 387 g/mol. The Morgan fingerprint density at radius 3 is 1.47 bits per heavy atom. The van der Waals surface area contributed by atoms with Crippen LogP contribution in [0.3, 0.4) is 0 Å². The van der Waals surface area contributed by atoms with Crippen molar-refractivity contribution in [2.45, 2.75) is 26.2 Å². The number of hydrogen-bond donors (Lipinski definition) is 0. The summed E-state index contributed by atoms with van der Waals surface area (Å²) in [4.78, 5) is 2.26. The smallest absolute Gasteiger partial charge is 0.113 e. The third-order valence-electron chi connectivity index (χ3n) is 5.38. The fourth-order valence-corrected chi connectivity index (χ4v) is 3.61. The molecule has 0 aliphatic heterocycles. The predicted molar refractivity (Wildman–Crippen MR) is 131 cm³/mol. The molecular weight excluding hydrogens is 361 g/mol. The molecule has 1 nitrogen and oxygen atoms in total. The second-order valence-corrected chi connectivity index (χ2v) is 8.64. The second-order valence-electron chi connectivity index (χ2n) is 8.64. The first-order valence-corrected chi connectivity index (χ1v) is 10.3. The van der Waals surface area contributed by atoms with Crippen molar-refractivity contribution < 1.29 is 0 Å². The average molecular weight is 387 g/mol.